The number of hydrogen-bond acceptors (Lipinski definition) is 2. The van der Waals surface area contributed by atoms with Gasteiger partial charge in [0.2, 0.25) is 0 Å². The van der Waals surface area contributed by atoms with Crippen molar-refractivity contribution in [3.63, 3.8) is 0 Å². The molecular weight excluding hydrogens is 244 g/mol. The normalized spacial score (nSPS) is 15.8. The van der Waals surface area contributed by atoms with E-state index in [9.17, 15) is 4.79 Å². The van der Waals surface area contributed by atoms with Gasteiger partial charge in [-0.15, -0.1) is 6.42 Å². The quantitative estimate of drug-likeness (QED) is 0.758. The fourth-order valence-corrected chi connectivity index (χ4v) is 2.90. The first kappa shape index (κ1) is 11.2. The van der Waals surface area contributed by atoms with E-state index < -0.39 is 0 Å². The van der Waals surface area contributed by atoms with Gasteiger partial charge in [0.05, 0.1) is 16.8 Å². The summed E-state index contributed by atoms with van der Waals surface area (Å²) in [5.41, 5.74) is 1.04. The van der Waals surface area contributed by atoms with Crippen LogP contribution in [-0.2, 0) is 11.3 Å². The van der Waals surface area contributed by atoms with E-state index in [1.807, 2.05) is 28.8 Å². The lowest BCUT2D eigenvalue weighted by Crippen LogP contribution is -2.16. The van der Waals surface area contributed by atoms with E-state index >= 15 is 0 Å². The molecule has 0 radical (unpaired) electrons. The van der Waals surface area contributed by atoms with Gasteiger partial charge in [0.15, 0.2) is 4.80 Å². The largest absolute Gasteiger partial charge is 0.305 e. The van der Waals surface area contributed by atoms with Gasteiger partial charge in [-0.1, -0.05) is 29.4 Å². The summed E-state index contributed by atoms with van der Waals surface area (Å²) >= 11 is 1.52. The van der Waals surface area contributed by atoms with Crippen LogP contribution in [0, 0.1) is 18.3 Å². The molecule has 0 aliphatic heterocycles. The van der Waals surface area contributed by atoms with Crippen molar-refractivity contribution in [1.82, 2.24) is 4.57 Å². The fraction of sp³-hybridized carbons (Fsp3) is 0.286. The van der Waals surface area contributed by atoms with Gasteiger partial charge in [0.1, 0.15) is 0 Å². The second-order valence-electron chi connectivity index (χ2n) is 4.37. The van der Waals surface area contributed by atoms with Crippen LogP contribution in [0.4, 0.5) is 0 Å². The Morgan fingerprint density at radius 1 is 1.50 bits per heavy atom. The maximum Gasteiger partial charge on any atom is 0.251 e. The molecule has 1 aliphatic carbocycles. The number of benzene rings is 1. The third kappa shape index (κ3) is 1.98. The summed E-state index contributed by atoms with van der Waals surface area (Å²) in [6.45, 7) is 0.445. The number of fused-ring (bicyclic) bond motifs is 1. The highest BCUT2D eigenvalue weighted by atomic mass is 32.1. The average molecular weight is 256 g/mol. The van der Waals surface area contributed by atoms with Crippen molar-refractivity contribution < 1.29 is 4.79 Å². The van der Waals surface area contributed by atoms with Crippen molar-refractivity contribution >= 4 is 27.5 Å². The predicted molar refractivity (Wildman–Crippen MR) is 71.9 cm³/mol. The van der Waals surface area contributed by atoms with Crippen molar-refractivity contribution in [2.75, 3.05) is 0 Å². The summed E-state index contributed by atoms with van der Waals surface area (Å²) in [6.07, 6.45) is 7.34. The minimum absolute atomic E-state index is 0.00710. The lowest BCUT2D eigenvalue weighted by atomic mass is 10.3. The molecule has 18 heavy (non-hydrogen) atoms. The van der Waals surface area contributed by atoms with Gasteiger partial charge in [-0.3, -0.25) is 4.79 Å². The van der Waals surface area contributed by atoms with E-state index in [4.69, 9.17) is 6.42 Å². The van der Waals surface area contributed by atoms with E-state index in [1.165, 1.54) is 11.3 Å². The molecule has 3 rings (SSSR count). The SMILES string of the molecule is C#CCn1c(=NC(=O)C2CC2)sc2ccccc21. The number of aromatic nitrogens is 1. The third-order valence-corrected chi connectivity index (χ3v) is 4.03. The van der Waals surface area contributed by atoms with Crippen molar-refractivity contribution in [2.24, 2.45) is 10.9 Å². The van der Waals surface area contributed by atoms with Crippen molar-refractivity contribution in [3.05, 3.63) is 29.1 Å². The highest BCUT2D eigenvalue weighted by Crippen LogP contribution is 2.30. The third-order valence-electron chi connectivity index (χ3n) is 2.97. The van der Waals surface area contributed by atoms with Gasteiger partial charge >= 0.3 is 0 Å². The number of rotatable bonds is 2. The van der Waals surface area contributed by atoms with E-state index in [1.54, 1.807) is 0 Å². The second kappa shape index (κ2) is 4.43. The minimum Gasteiger partial charge on any atom is -0.305 e. The summed E-state index contributed by atoms with van der Waals surface area (Å²) in [4.78, 5) is 16.7. The average Bonchev–Trinajstić information content (AvgIpc) is 3.16. The van der Waals surface area contributed by atoms with Gasteiger partial charge in [-0.25, -0.2) is 0 Å². The van der Waals surface area contributed by atoms with Crippen LogP contribution in [-0.4, -0.2) is 10.5 Å². The summed E-state index contributed by atoms with van der Waals surface area (Å²) in [5.74, 6) is 2.76. The monoisotopic (exact) mass is 256 g/mol. The van der Waals surface area contributed by atoms with Crippen LogP contribution in [0.5, 0.6) is 0 Å². The van der Waals surface area contributed by atoms with Gasteiger partial charge in [0, 0.05) is 5.92 Å². The molecule has 4 heteroatoms. The van der Waals surface area contributed by atoms with Gasteiger partial charge in [0.25, 0.3) is 5.91 Å². The molecule has 1 saturated carbocycles. The van der Waals surface area contributed by atoms with Crippen LogP contribution >= 0.6 is 11.3 Å². The Morgan fingerprint density at radius 3 is 3.00 bits per heavy atom. The number of hydrogen-bond donors (Lipinski definition) is 0. The molecule has 0 atom stereocenters. The second-order valence-corrected chi connectivity index (χ2v) is 5.38. The topological polar surface area (TPSA) is 34.4 Å². The molecule has 1 aliphatic rings. The van der Waals surface area contributed by atoms with Crippen LogP contribution in [0.15, 0.2) is 29.3 Å². The zero-order chi connectivity index (χ0) is 12.5. The first-order valence-corrected chi connectivity index (χ1v) is 6.71. The number of carbonyl (C=O) groups is 1. The zero-order valence-corrected chi connectivity index (χ0v) is 10.6. The van der Waals surface area contributed by atoms with Crippen molar-refractivity contribution in [3.8, 4) is 12.3 Å². The molecular formula is C14H12N2OS. The molecule has 0 saturated heterocycles. The Hall–Kier alpha value is -1.86. The Balaban J connectivity index is 2.18. The van der Waals surface area contributed by atoms with Crippen LogP contribution in [0.3, 0.4) is 0 Å². The molecule has 1 fully saturated rings. The standard InChI is InChI=1S/C14H12N2OS/c1-2-9-16-11-5-3-4-6-12(11)18-14(16)15-13(17)10-7-8-10/h1,3-6,10H,7-9H2. The molecule has 0 spiro atoms. The van der Waals surface area contributed by atoms with Crippen LogP contribution in [0.1, 0.15) is 12.8 Å². The van der Waals surface area contributed by atoms with Gasteiger partial charge in [-0.05, 0) is 25.0 Å². The van der Waals surface area contributed by atoms with Gasteiger partial charge in [-0.2, -0.15) is 4.99 Å². The van der Waals surface area contributed by atoms with Gasteiger partial charge < -0.3 is 4.57 Å². The minimum atomic E-state index is -0.00710. The van der Waals surface area contributed by atoms with Crippen molar-refractivity contribution in [1.29, 1.82) is 0 Å². The van der Waals surface area contributed by atoms with E-state index in [0.29, 0.717) is 11.3 Å². The Labute approximate surface area is 109 Å². The first-order valence-electron chi connectivity index (χ1n) is 5.90. The zero-order valence-electron chi connectivity index (χ0n) is 9.80. The maximum atomic E-state index is 11.8. The molecule has 0 bridgehead atoms. The fourth-order valence-electron chi connectivity index (χ4n) is 1.87. The van der Waals surface area contributed by atoms with Crippen molar-refractivity contribution in [2.45, 2.75) is 19.4 Å². The number of nitrogens with zero attached hydrogens (tertiary/aromatic N) is 2. The number of para-hydroxylation sites is 1. The maximum absolute atomic E-state index is 11.8. The molecule has 0 N–H and O–H groups in total. The molecule has 90 valence electrons. The van der Waals surface area contributed by atoms with E-state index in [-0.39, 0.29) is 11.8 Å². The molecule has 1 aromatic heterocycles. The first-order chi connectivity index (χ1) is 8.79. The van der Waals surface area contributed by atoms with E-state index in [0.717, 1.165) is 23.1 Å². The summed E-state index contributed by atoms with van der Waals surface area (Å²) in [7, 11) is 0. The lowest BCUT2D eigenvalue weighted by Gasteiger charge is -1.98. The smallest absolute Gasteiger partial charge is 0.251 e. The Kier molecular flexibility index (Phi) is 2.77. The lowest BCUT2D eigenvalue weighted by molar-refractivity contribution is -0.119. The molecule has 1 aromatic carbocycles. The summed E-state index contributed by atoms with van der Waals surface area (Å²) in [5, 5.41) is 0. The molecule has 1 heterocycles. The highest BCUT2D eigenvalue weighted by molar-refractivity contribution is 7.16. The molecule has 3 nitrogen and oxygen atoms in total. The molecule has 2 aromatic rings. The summed E-state index contributed by atoms with van der Waals surface area (Å²) < 4.78 is 3.04. The summed E-state index contributed by atoms with van der Waals surface area (Å²) in [6, 6.07) is 7.97. The van der Waals surface area contributed by atoms with Crippen LogP contribution in [0.25, 0.3) is 10.2 Å². The Morgan fingerprint density at radius 2 is 2.28 bits per heavy atom. The number of carbonyl (C=O) groups excluding carboxylic acids is 1. The van der Waals surface area contributed by atoms with E-state index in [2.05, 4.69) is 10.9 Å². The molecule has 1 amide bonds. The Bertz CT molecular complexity index is 713. The number of amides is 1. The predicted octanol–water partition coefficient (Wildman–Crippen LogP) is 2.17. The molecule has 0 unspecified atom stereocenters. The number of terminal acetylenes is 1. The highest BCUT2D eigenvalue weighted by Gasteiger charge is 2.29. The van der Waals surface area contributed by atoms with Crippen LogP contribution < -0.4 is 4.80 Å². The van der Waals surface area contributed by atoms with Crippen LogP contribution in [0.2, 0.25) is 0 Å². The number of thiazole rings is 1.